The quantitative estimate of drug-likeness (QED) is 0.642. The van der Waals surface area contributed by atoms with E-state index in [0.29, 0.717) is 6.42 Å². The van der Waals surface area contributed by atoms with Gasteiger partial charge in [-0.2, -0.15) is 5.10 Å². The summed E-state index contributed by atoms with van der Waals surface area (Å²) in [6.45, 7) is 2.03. The maximum Gasteiger partial charge on any atom is 0.244 e. The first-order valence-corrected chi connectivity index (χ1v) is 8.00. The monoisotopic (exact) mass is 350 g/mol. The van der Waals surface area contributed by atoms with Gasteiger partial charge in [0, 0.05) is 4.47 Å². The molecule has 1 aromatic carbocycles. The minimum Gasteiger partial charge on any atom is -0.273 e. The number of benzene rings is 1. The van der Waals surface area contributed by atoms with E-state index in [0.717, 1.165) is 27.0 Å². The number of carbonyl (C=O) groups excluding carboxylic acids is 1. The smallest absolute Gasteiger partial charge is 0.244 e. The van der Waals surface area contributed by atoms with Crippen LogP contribution < -0.4 is 5.43 Å². The summed E-state index contributed by atoms with van der Waals surface area (Å²) in [5, 5.41) is 6.22. The fourth-order valence-corrected chi connectivity index (χ4v) is 2.76. The number of nitrogens with zero attached hydrogens (tertiary/aromatic N) is 1. The number of amides is 1. The Morgan fingerprint density at radius 2 is 2.05 bits per heavy atom. The third kappa shape index (κ3) is 4.28. The number of hydrazone groups is 1. The van der Waals surface area contributed by atoms with Crippen molar-refractivity contribution in [3.8, 4) is 0 Å². The van der Waals surface area contributed by atoms with Crippen LogP contribution in [-0.4, -0.2) is 11.6 Å². The highest BCUT2D eigenvalue weighted by molar-refractivity contribution is 9.10. The molecule has 1 heterocycles. The molecule has 2 rings (SSSR count). The summed E-state index contributed by atoms with van der Waals surface area (Å²) >= 11 is 5.00. The fourth-order valence-electron chi connectivity index (χ4n) is 1.71. The van der Waals surface area contributed by atoms with Crippen LogP contribution in [0.4, 0.5) is 0 Å². The first kappa shape index (κ1) is 14.9. The molecule has 0 bridgehead atoms. The minimum absolute atomic E-state index is 0.102. The van der Waals surface area contributed by atoms with Crippen molar-refractivity contribution in [3.05, 3.63) is 56.7 Å². The van der Waals surface area contributed by atoms with Crippen molar-refractivity contribution in [1.82, 2.24) is 5.43 Å². The van der Waals surface area contributed by atoms with E-state index >= 15 is 0 Å². The highest BCUT2D eigenvalue weighted by Gasteiger charge is 2.05. The number of thiophene rings is 1. The summed E-state index contributed by atoms with van der Waals surface area (Å²) in [6.07, 6.45) is 1.12. The van der Waals surface area contributed by atoms with Gasteiger partial charge in [0.1, 0.15) is 0 Å². The Morgan fingerprint density at radius 1 is 1.30 bits per heavy atom. The Morgan fingerprint density at radius 3 is 2.65 bits per heavy atom. The van der Waals surface area contributed by atoms with Crippen molar-refractivity contribution in [2.24, 2.45) is 5.10 Å². The Hall–Kier alpha value is -1.46. The van der Waals surface area contributed by atoms with Crippen molar-refractivity contribution < 1.29 is 4.79 Å². The maximum atomic E-state index is 11.9. The van der Waals surface area contributed by atoms with Gasteiger partial charge >= 0.3 is 0 Å². The lowest BCUT2D eigenvalue weighted by atomic mass is 10.1. The zero-order chi connectivity index (χ0) is 14.4. The van der Waals surface area contributed by atoms with Gasteiger partial charge in [0.05, 0.1) is 17.0 Å². The van der Waals surface area contributed by atoms with Gasteiger partial charge in [-0.1, -0.05) is 41.1 Å². The molecule has 104 valence electrons. The molecular formula is C15H15BrN2OS. The van der Waals surface area contributed by atoms with Gasteiger partial charge in [-0.25, -0.2) is 5.43 Å². The van der Waals surface area contributed by atoms with E-state index in [4.69, 9.17) is 0 Å². The number of halogens is 1. The molecule has 1 N–H and O–H groups in total. The SMILES string of the molecule is CC/C(=N\NC(=O)Cc1ccc(Br)cc1)c1cccs1. The summed E-state index contributed by atoms with van der Waals surface area (Å²) in [4.78, 5) is 13.0. The van der Waals surface area contributed by atoms with Gasteiger partial charge in [0.2, 0.25) is 5.91 Å². The van der Waals surface area contributed by atoms with Gasteiger partial charge in [-0.15, -0.1) is 11.3 Å². The lowest BCUT2D eigenvalue weighted by Gasteiger charge is -2.03. The average molecular weight is 351 g/mol. The first-order valence-electron chi connectivity index (χ1n) is 6.32. The van der Waals surface area contributed by atoms with Gasteiger partial charge < -0.3 is 0 Å². The highest BCUT2D eigenvalue weighted by atomic mass is 79.9. The van der Waals surface area contributed by atoms with E-state index in [9.17, 15) is 4.79 Å². The summed E-state index contributed by atoms with van der Waals surface area (Å²) < 4.78 is 1.01. The van der Waals surface area contributed by atoms with Crippen LogP contribution in [0.25, 0.3) is 0 Å². The maximum absolute atomic E-state index is 11.9. The minimum atomic E-state index is -0.102. The molecule has 2 aromatic rings. The van der Waals surface area contributed by atoms with E-state index in [1.54, 1.807) is 11.3 Å². The number of carbonyl (C=O) groups is 1. The van der Waals surface area contributed by atoms with Crippen molar-refractivity contribution in [2.75, 3.05) is 0 Å². The predicted octanol–water partition coefficient (Wildman–Crippen LogP) is 3.98. The Bertz CT molecular complexity index is 591. The zero-order valence-electron chi connectivity index (χ0n) is 11.1. The third-order valence-corrected chi connectivity index (χ3v) is 4.18. The normalized spacial score (nSPS) is 11.4. The molecule has 0 aliphatic carbocycles. The predicted molar refractivity (Wildman–Crippen MR) is 87.1 cm³/mol. The van der Waals surface area contributed by atoms with E-state index in [2.05, 4.69) is 26.5 Å². The molecular weight excluding hydrogens is 336 g/mol. The number of nitrogens with one attached hydrogen (secondary N) is 1. The molecule has 1 aromatic heterocycles. The van der Waals surface area contributed by atoms with Crippen LogP contribution in [0, 0.1) is 0 Å². The van der Waals surface area contributed by atoms with Gasteiger partial charge in [-0.05, 0) is 35.6 Å². The second-order valence-electron chi connectivity index (χ2n) is 4.23. The third-order valence-electron chi connectivity index (χ3n) is 2.73. The molecule has 0 atom stereocenters. The number of rotatable bonds is 5. The van der Waals surface area contributed by atoms with Crippen LogP contribution in [0.1, 0.15) is 23.8 Å². The van der Waals surface area contributed by atoms with E-state index in [1.165, 1.54) is 0 Å². The van der Waals surface area contributed by atoms with Crippen molar-refractivity contribution >= 4 is 38.9 Å². The number of hydrogen-bond acceptors (Lipinski definition) is 3. The highest BCUT2D eigenvalue weighted by Crippen LogP contribution is 2.12. The second-order valence-corrected chi connectivity index (χ2v) is 6.09. The van der Waals surface area contributed by atoms with E-state index in [-0.39, 0.29) is 5.91 Å². The fraction of sp³-hybridized carbons (Fsp3) is 0.200. The summed E-state index contributed by atoms with van der Waals surface area (Å²) in [5.41, 5.74) is 4.50. The summed E-state index contributed by atoms with van der Waals surface area (Å²) in [7, 11) is 0. The van der Waals surface area contributed by atoms with Gasteiger partial charge in [-0.3, -0.25) is 4.79 Å². The van der Waals surface area contributed by atoms with Gasteiger partial charge in [0.25, 0.3) is 0 Å². The van der Waals surface area contributed by atoms with Crippen LogP contribution >= 0.6 is 27.3 Å². The molecule has 0 fully saturated rings. The molecule has 0 saturated heterocycles. The van der Waals surface area contributed by atoms with Crippen LogP contribution in [0.2, 0.25) is 0 Å². The Kier molecular flexibility index (Phi) is 5.49. The average Bonchev–Trinajstić information content (AvgIpc) is 2.96. The molecule has 1 amide bonds. The lowest BCUT2D eigenvalue weighted by molar-refractivity contribution is -0.120. The summed E-state index contributed by atoms with van der Waals surface area (Å²) in [6, 6.07) is 11.7. The largest absolute Gasteiger partial charge is 0.273 e. The zero-order valence-corrected chi connectivity index (χ0v) is 13.5. The molecule has 0 aliphatic rings. The summed E-state index contributed by atoms with van der Waals surface area (Å²) in [5.74, 6) is -0.102. The molecule has 20 heavy (non-hydrogen) atoms. The molecule has 0 saturated carbocycles. The first-order chi connectivity index (χ1) is 9.69. The molecule has 5 heteroatoms. The van der Waals surface area contributed by atoms with Crippen LogP contribution in [0.15, 0.2) is 51.4 Å². The van der Waals surface area contributed by atoms with Crippen LogP contribution in [0.5, 0.6) is 0 Å². The van der Waals surface area contributed by atoms with Crippen molar-refractivity contribution in [3.63, 3.8) is 0 Å². The van der Waals surface area contributed by atoms with Crippen molar-refractivity contribution in [1.29, 1.82) is 0 Å². The molecule has 0 unspecified atom stereocenters. The Balaban J connectivity index is 1.95. The molecule has 3 nitrogen and oxygen atoms in total. The Labute approximate surface area is 130 Å². The molecule has 0 radical (unpaired) electrons. The standard InChI is InChI=1S/C15H15BrN2OS/c1-2-13(14-4-3-9-20-14)17-18-15(19)10-11-5-7-12(16)8-6-11/h3-9H,2,10H2,1H3,(H,18,19)/b17-13+. The van der Waals surface area contributed by atoms with E-state index < -0.39 is 0 Å². The van der Waals surface area contributed by atoms with Crippen LogP contribution in [0.3, 0.4) is 0 Å². The van der Waals surface area contributed by atoms with E-state index in [1.807, 2.05) is 48.7 Å². The second kappa shape index (κ2) is 7.36. The lowest BCUT2D eigenvalue weighted by Crippen LogP contribution is -2.21. The van der Waals surface area contributed by atoms with Crippen molar-refractivity contribution in [2.45, 2.75) is 19.8 Å². The van der Waals surface area contributed by atoms with Gasteiger partial charge in [0.15, 0.2) is 0 Å². The molecule has 0 spiro atoms. The topological polar surface area (TPSA) is 41.5 Å². The van der Waals surface area contributed by atoms with Crippen LogP contribution in [-0.2, 0) is 11.2 Å². The molecule has 0 aliphatic heterocycles. The number of hydrogen-bond donors (Lipinski definition) is 1.